The minimum Gasteiger partial charge on any atom is -0.206 e. The van der Waals surface area contributed by atoms with Crippen molar-refractivity contribution in [3.63, 3.8) is 0 Å². The van der Waals surface area contributed by atoms with E-state index in [0.717, 1.165) is 11.3 Å². The summed E-state index contributed by atoms with van der Waals surface area (Å²) in [4.78, 5) is 1.05. The monoisotopic (exact) mass is 229 g/mol. The molecule has 0 saturated carbocycles. The molecule has 0 spiro atoms. The SMILES string of the molecule is C#CCNS(=O)(=O)c1ccc(CC)s1. The van der Waals surface area contributed by atoms with E-state index in [2.05, 4.69) is 10.6 Å². The van der Waals surface area contributed by atoms with E-state index in [0.29, 0.717) is 4.21 Å². The molecule has 1 N–H and O–H groups in total. The molecule has 3 nitrogen and oxygen atoms in total. The second-order valence-corrected chi connectivity index (χ2v) is 5.77. The Balaban J connectivity index is 2.88. The molecule has 0 saturated heterocycles. The molecule has 0 aromatic carbocycles. The first-order valence-corrected chi connectivity index (χ1v) is 6.42. The maximum absolute atomic E-state index is 11.5. The van der Waals surface area contributed by atoms with E-state index in [9.17, 15) is 8.42 Å². The summed E-state index contributed by atoms with van der Waals surface area (Å²) in [6.45, 7) is 2.01. The highest BCUT2D eigenvalue weighted by Crippen LogP contribution is 2.21. The summed E-state index contributed by atoms with van der Waals surface area (Å²) in [6.07, 6.45) is 5.81. The molecule has 0 amide bonds. The van der Waals surface area contributed by atoms with Gasteiger partial charge in [0.1, 0.15) is 4.21 Å². The first kappa shape index (κ1) is 11.2. The third-order valence-corrected chi connectivity index (χ3v) is 4.74. The molecule has 0 unspecified atom stereocenters. The normalized spacial score (nSPS) is 11.1. The predicted molar refractivity (Wildman–Crippen MR) is 57.7 cm³/mol. The predicted octanol–water partition coefficient (Wildman–Crippen LogP) is 1.22. The average molecular weight is 229 g/mol. The molecule has 0 aliphatic rings. The van der Waals surface area contributed by atoms with Crippen LogP contribution in [0.4, 0.5) is 0 Å². The quantitative estimate of drug-likeness (QED) is 0.789. The Morgan fingerprint density at radius 1 is 1.57 bits per heavy atom. The van der Waals surface area contributed by atoms with Crippen LogP contribution in [0, 0.1) is 12.3 Å². The highest BCUT2D eigenvalue weighted by Gasteiger charge is 2.14. The van der Waals surface area contributed by atoms with Crippen LogP contribution in [0.3, 0.4) is 0 Å². The zero-order valence-corrected chi connectivity index (χ0v) is 9.41. The number of hydrogen-bond donors (Lipinski definition) is 1. The van der Waals surface area contributed by atoms with E-state index in [-0.39, 0.29) is 6.54 Å². The zero-order chi connectivity index (χ0) is 10.6. The first-order valence-electron chi connectivity index (χ1n) is 4.12. The average Bonchev–Trinajstić information content (AvgIpc) is 2.63. The molecular weight excluding hydrogens is 218 g/mol. The molecular formula is C9H11NO2S2. The lowest BCUT2D eigenvalue weighted by atomic mass is 10.4. The van der Waals surface area contributed by atoms with Crippen molar-refractivity contribution in [2.45, 2.75) is 17.6 Å². The molecule has 1 heterocycles. The fraction of sp³-hybridized carbons (Fsp3) is 0.333. The van der Waals surface area contributed by atoms with Gasteiger partial charge in [-0.25, -0.2) is 8.42 Å². The van der Waals surface area contributed by atoms with Gasteiger partial charge in [-0.15, -0.1) is 17.8 Å². The van der Waals surface area contributed by atoms with Crippen molar-refractivity contribution in [1.82, 2.24) is 4.72 Å². The molecule has 1 aromatic heterocycles. The van der Waals surface area contributed by atoms with Gasteiger partial charge in [0.15, 0.2) is 0 Å². The van der Waals surface area contributed by atoms with Gasteiger partial charge >= 0.3 is 0 Å². The third kappa shape index (κ3) is 2.58. The molecule has 0 radical (unpaired) electrons. The smallest absolute Gasteiger partial charge is 0.206 e. The fourth-order valence-corrected chi connectivity index (χ4v) is 3.17. The van der Waals surface area contributed by atoms with Crippen LogP contribution in [-0.4, -0.2) is 15.0 Å². The largest absolute Gasteiger partial charge is 0.250 e. The molecule has 14 heavy (non-hydrogen) atoms. The fourth-order valence-electron chi connectivity index (χ4n) is 0.900. The lowest BCUT2D eigenvalue weighted by Gasteiger charge is -1.99. The summed E-state index contributed by atoms with van der Waals surface area (Å²) in [7, 11) is -3.39. The number of rotatable bonds is 4. The second-order valence-electron chi connectivity index (χ2n) is 2.60. The number of hydrogen-bond acceptors (Lipinski definition) is 3. The Labute approximate surface area is 88.2 Å². The highest BCUT2D eigenvalue weighted by atomic mass is 32.2. The van der Waals surface area contributed by atoms with Crippen LogP contribution in [-0.2, 0) is 16.4 Å². The Morgan fingerprint density at radius 2 is 2.29 bits per heavy atom. The summed E-state index contributed by atoms with van der Waals surface area (Å²) in [5, 5.41) is 0. The van der Waals surface area contributed by atoms with Crippen molar-refractivity contribution in [2.24, 2.45) is 0 Å². The number of sulfonamides is 1. The molecule has 5 heteroatoms. The van der Waals surface area contributed by atoms with Gasteiger partial charge in [0.2, 0.25) is 0 Å². The van der Waals surface area contributed by atoms with Crippen molar-refractivity contribution < 1.29 is 8.42 Å². The van der Waals surface area contributed by atoms with Crippen molar-refractivity contribution in [3.8, 4) is 12.3 Å². The summed E-state index contributed by atoms with van der Waals surface area (Å²) < 4.78 is 25.7. The summed E-state index contributed by atoms with van der Waals surface area (Å²) in [5.41, 5.74) is 0. The van der Waals surface area contributed by atoms with E-state index >= 15 is 0 Å². The minimum atomic E-state index is -3.39. The molecule has 1 aromatic rings. The number of nitrogens with one attached hydrogen (secondary N) is 1. The number of aryl methyl sites for hydroxylation is 1. The molecule has 1 rings (SSSR count). The summed E-state index contributed by atoms with van der Waals surface area (Å²) in [6, 6.07) is 3.41. The molecule has 76 valence electrons. The Bertz CT molecular complexity index is 440. The second kappa shape index (κ2) is 4.60. The summed E-state index contributed by atoms with van der Waals surface area (Å²) in [5.74, 6) is 2.23. The van der Waals surface area contributed by atoms with Crippen molar-refractivity contribution in [3.05, 3.63) is 17.0 Å². The maximum atomic E-state index is 11.5. The van der Waals surface area contributed by atoms with Crippen LogP contribution in [0.1, 0.15) is 11.8 Å². The van der Waals surface area contributed by atoms with Crippen LogP contribution < -0.4 is 4.72 Å². The van der Waals surface area contributed by atoms with Gasteiger partial charge in [-0.1, -0.05) is 12.8 Å². The van der Waals surface area contributed by atoms with Gasteiger partial charge in [-0.05, 0) is 18.6 Å². The van der Waals surface area contributed by atoms with Crippen LogP contribution in [0.5, 0.6) is 0 Å². The van der Waals surface area contributed by atoms with Gasteiger partial charge in [0, 0.05) is 4.88 Å². The standard InChI is InChI=1S/C9H11NO2S2/c1-3-7-10-14(11,12)9-6-5-8(4-2)13-9/h1,5-6,10H,4,7H2,2H3. The highest BCUT2D eigenvalue weighted by molar-refractivity contribution is 7.91. The van der Waals surface area contributed by atoms with Crippen LogP contribution >= 0.6 is 11.3 Å². The zero-order valence-electron chi connectivity index (χ0n) is 7.78. The summed E-state index contributed by atoms with van der Waals surface area (Å²) >= 11 is 1.27. The van der Waals surface area contributed by atoms with Crippen molar-refractivity contribution in [2.75, 3.05) is 6.54 Å². The van der Waals surface area contributed by atoms with E-state index in [1.807, 2.05) is 13.0 Å². The van der Waals surface area contributed by atoms with Crippen LogP contribution in [0.2, 0.25) is 0 Å². The van der Waals surface area contributed by atoms with Gasteiger partial charge in [-0.2, -0.15) is 4.72 Å². The first-order chi connectivity index (χ1) is 6.60. The Hall–Kier alpha value is -0.830. The van der Waals surface area contributed by atoms with Crippen molar-refractivity contribution >= 4 is 21.4 Å². The van der Waals surface area contributed by atoms with Crippen LogP contribution in [0.15, 0.2) is 16.3 Å². The molecule has 0 aliphatic carbocycles. The molecule has 0 bridgehead atoms. The van der Waals surface area contributed by atoms with Gasteiger partial charge in [0.05, 0.1) is 6.54 Å². The molecule has 0 aliphatic heterocycles. The Kier molecular flexibility index (Phi) is 3.69. The van der Waals surface area contributed by atoms with E-state index in [1.54, 1.807) is 6.07 Å². The Morgan fingerprint density at radius 3 is 2.79 bits per heavy atom. The third-order valence-electron chi connectivity index (χ3n) is 1.61. The van der Waals surface area contributed by atoms with Gasteiger partial charge in [-0.3, -0.25) is 0 Å². The van der Waals surface area contributed by atoms with Crippen LogP contribution in [0.25, 0.3) is 0 Å². The maximum Gasteiger partial charge on any atom is 0.250 e. The van der Waals surface area contributed by atoms with Gasteiger partial charge < -0.3 is 0 Å². The van der Waals surface area contributed by atoms with E-state index in [1.165, 1.54) is 11.3 Å². The van der Waals surface area contributed by atoms with Gasteiger partial charge in [0.25, 0.3) is 10.0 Å². The number of thiophene rings is 1. The molecule has 0 atom stereocenters. The van der Waals surface area contributed by atoms with Crippen molar-refractivity contribution in [1.29, 1.82) is 0 Å². The van der Waals surface area contributed by atoms with E-state index in [4.69, 9.17) is 6.42 Å². The topological polar surface area (TPSA) is 46.2 Å². The lowest BCUT2D eigenvalue weighted by molar-refractivity contribution is 0.588. The minimum absolute atomic E-state index is 0.0295. The number of terminal acetylenes is 1. The molecule has 0 fully saturated rings. The lowest BCUT2D eigenvalue weighted by Crippen LogP contribution is -2.22. The van der Waals surface area contributed by atoms with E-state index < -0.39 is 10.0 Å².